The summed E-state index contributed by atoms with van der Waals surface area (Å²) >= 11 is 0. The maximum atomic E-state index is 13.2. The Morgan fingerprint density at radius 3 is 2.29 bits per heavy atom. The summed E-state index contributed by atoms with van der Waals surface area (Å²) in [6.45, 7) is 0. The number of alkyl halides is 3. The first-order valence-electron chi connectivity index (χ1n) is 6.56. The van der Waals surface area contributed by atoms with Crippen molar-refractivity contribution >= 4 is 11.8 Å². The van der Waals surface area contributed by atoms with Crippen molar-refractivity contribution in [3.63, 3.8) is 0 Å². The summed E-state index contributed by atoms with van der Waals surface area (Å²) in [5, 5.41) is 0. The predicted octanol–water partition coefficient (Wildman–Crippen LogP) is 2.16. The van der Waals surface area contributed by atoms with Crippen LogP contribution in [0.25, 0.3) is 0 Å². The van der Waals surface area contributed by atoms with Gasteiger partial charge in [0.1, 0.15) is 6.04 Å². The van der Waals surface area contributed by atoms with E-state index in [-0.39, 0.29) is 6.42 Å². The van der Waals surface area contributed by atoms with Gasteiger partial charge in [-0.25, -0.2) is 0 Å². The number of nitrogens with two attached hydrogens (primary N) is 1. The zero-order valence-corrected chi connectivity index (χ0v) is 11.1. The number of nitrogens with zero attached hydrogens (tertiary/aromatic N) is 1. The monoisotopic (exact) mass is 300 g/mol. The van der Waals surface area contributed by atoms with E-state index in [1.54, 1.807) is 30.3 Å². The normalized spacial score (nSPS) is 22.9. The van der Waals surface area contributed by atoms with Crippen molar-refractivity contribution in [2.24, 2.45) is 5.73 Å². The maximum absolute atomic E-state index is 13.2. The van der Waals surface area contributed by atoms with Crippen LogP contribution in [0.1, 0.15) is 30.9 Å². The molecule has 7 heteroatoms. The lowest BCUT2D eigenvalue weighted by Crippen LogP contribution is -2.55. The molecule has 2 N–H and O–H groups in total. The third-order valence-corrected chi connectivity index (χ3v) is 3.63. The molecular weight excluding hydrogens is 285 g/mol. The summed E-state index contributed by atoms with van der Waals surface area (Å²) in [6, 6.07) is 5.62. The molecule has 0 saturated carbocycles. The van der Waals surface area contributed by atoms with Crippen molar-refractivity contribution in [1.29, 1.82) is 0 Å². The Labute approximate surface area is 119 Å². The molecule has 1 aromatic rings. The van der Waals surface area contributed by atoms with Gasteiger partial charge in [0.05, 0.1) is 6.04 Å². The number of carbonyl (C=O) groups is 2. The Morgan fingerprint density at radius 2 is 1.76 bits per heavy atom. The molecule has 2 amide bonds. The Kier molecular flexibility index (Phi) is 4.20. The SMILES string of the molecule is NC(=O)C(=O)N1[C@H](c2ccccc2)CCC[C@@H]1C(F)(F)F. The molecule has 1 aliphatic heterocycles. The third-order valence-electron chi connectivity index (χ3n) is 3.63. The van der Waals surface area contributed by atoms with Crippen LogP contribution in [0.15, 0.2) is 30.3 Å². The quantitative estimate of drug-likeness (QED) is 0.808. The van der Waals surface area contributed by atoms with Gasteiger partial charge in [-0.1, -0.05) is 30.3 Å². The van der Waals surface area contributed by atoms with Crippen LogP contribution >= 0.6 is 0 Å². The lowest BCUT2D eigenvalue weighted by molar-refractivity contribution is -0.203. The Bertz CT molecular complexity index is 531. The van der Waals surface area contributed by atoms with Gasteiger partial charge in [0.15, 0.2) is 0 Å². The molecule has 114 valence electrons. The van der Waals surface area contributed by atoms with Gasteiger partial charge in [0, 0.05) is 0 Å². The minimum atomic E-state index is -4.58. The topological polar surface area (TPSA) is 63.4 Å². The number of carbonyl (C=O) groups excluding carboxylic acids is 2. The molecule has 0 bridgehead atoms. The minimum absolute atomic E-state index is 0.216. The second-order valence-corrected chi connectivity index (χ2v) is 4.99. The molecule has 0 spiro atoms. The van der Waals surface area contributed by atoms with Crippen LogP contribution in [-0.2, 0) is 9.59 Å². The maximum Gasteiger partial charge on any atom is 0.408 e. The van der Waals surface area contributed by atoms with Crippen LogP contribution in [0.3, 0.4) is 0 Å². The van der Waals surface area contributed by atoms with Gasteiger partial charge in [0.2, 0.25) is 0 Å². The highest BCUT2D eigenvalue weighted by molar-refractivity contribution is 6.34. The summed E-state index contributed by atoms with van der Waals surface area (Å²) in [4.78, 5) is 23.6. The average molecular weight is 300 g/mol. The van der Waals surface area contributed by atoms with Gasteiger partial charge in [-0.15, -0.1) is 0 Å². The van der Waals surface area contributed by atoms with Crippen molar-refractivity contribution in [2.75, 3.05) is 0 Å². The molecule has 1 heterocycles. The van der Waals surface area contributed by atoms with E-state index in [0.717, 1.165) is 0 Å². The molecule has 1 fully saturated rings. The van der Waals surface area contributed by atoms with Crippen LogP contribution in [0.2, 0.25) is 0 Å². The molecule has 0 aliphatic carbocycles. The Hall–Kier alpha value is -2.05. The summed E-state index contributed by atoms with van der Waals surface area (Å²) in [5.41, 5.74) is 5.49. The smallest absolute Gasteiger partial charge is 0.361 e. The number of hydrogen-bond donors (Lipinski definition) is 1. The third kappa shape index (κ3) is 3.17. The van der Waals surface area contributed by atoms with Crippen molar-refractivity contribution in [2.45, 2.75) is 37.5 Å². The average Bonchev–Trinajstić information content (AvgIpc) is 2.45. The first-order chi connectivity index (χ1) is 9.82. The molecule has 21 heavy (non-hydrogen) atoms. The lowest BCUT2D eigenvalue weighted by atomic mass is 9.90. The summed E-state index contributed by atoms with van der Waals surface area (Å²) in [6.07, 6.45) is -4.10. The number of hydrogen-bond acceptors (Lipinski definition) is 2. The molecule has 0 radical (unpaired) electrons. The van der Waals surface area contributed by atoms with Crippen molar-refractivity contribution in [3.8, 4) is 0 Å². The number of amides is 2. The molecule has 1 aliphatic rings. The standard InChI is InChI=1S/C14H15F3N2O2/c15-14(16,17)11-8-4-7-10(9-5-2-1-3-6-9)19(11)13(21)12(18)20/h1-3,5-6,10-11H,4,7-8H2,(H2,18,20)/t10-,11+/m0/s1. The zero-order valence-electron chi connectivity index (χ0n) is 11.1. The van der Waals surface area contributed by atoms with Crippen molar-refractivity contribution in [3.05, 3.63) is 35.9 Å². The number of likely N-dealkylation sites (tertiary alicyclic amines) is 1. The van der Waals surface area contributed by atoms with E-state index in [4.69, 9.17) is 5.73 Å². The first kappa shape index (κ1) is 15.3. The lowest BCUT2D eigenvalue weighted by Gasteiger charge is -2.42. The Morgan fingerprint density at radius 1 is 1.14 bits per heavy atom. The Balaban J connectivity index is 2.42. The van der Waals surface area contributed by atoms with E-state index in [1.807, 2.05) is 0 Å². The van der Waals surface area contributed by atoms with Gasteiger partial charge in [-0.3, -0.25) is 9.59 Å². The minimum Gasteiger partial charge on any atom is -0.361 e. The van der Waals surface area contributed by atoms with Gasteiger partial charge < -0.3 is 10.6 Å². The number of piperidine rings is 1. The number of halogens is 3. The summed E-state index contributed by atoms with van der Waals surface area (Å²) in [5.74, 6) is -2.65. The van der Waals surface area contributed by atoms with Crippen LogP contribution in [0, 0.1) is 0 Å². The largest absolute Gasteiger partial charge is 0.408 e. The second-order valence-electron chi connectivity index (χ2n) is 4.99. The van der Waals surface area contributed by atoms with E-state index < -0.39 is 30.1 Å². The van der Waals surface area contributed by atoms with Crippen LogP contribution < -0.4 is 5.73 Å². The van der Waals surface area contributed by atoms with Crippen LogP contribution in [0.4, 0.5) is 13.2 Å². The number of primary amides is 1. The second kappa shape index (κ2) is 5.75. The fourth-order valence-electron chi connectivity index (χ4n) is 2.73. The molecule has 0 unspecified atom stereocenters. The van der Waals surface area contributed by atoms with Crippen LogP contribution in [-0.4, -0.2) is 28.9 Å². The van der Waals surface area contributed by atoms with E-state index in [0.29, 0.717) is 23.3 Å². The van der Waals surface area contributed by atoms with Crippen LogP contribution in [0.5, 0.6) is 0 Å². The first-order valence-corrected chi connectivity index (χ1v) is 6.56. The fourth-order valence-corrected chi connectivity index (χ4v) is 2.73. The van der Waals surface area contributed by atoms with E-state index >= 15 is 0 Å². The summed E-state index contributed by atoms with van der Waals surface area (Å²) < 4.78 is 39.5. The highest BCUT2D eigenvalue weighted by atomic mass is 19.4. The molecule has 2 rings (SSSR count). The van der Waals surface area contributed by atoms with E-state index in [9.17, 15) is 22.8 Å². The highest BCUT2D eigenvalue weighted by Gasteiger charge is 2.50. The van der Waals surface area contributed by atoms with E-state index in [1.165, 1.54) is 0 Å². The van der Waals surface area contributed by atoms with Gasteiger partial charge in [-0.2, -0.15) is 13.2 Å². The number of benzene rings is 1. The van der Waals surface area contributed by atoms with Crippen molar-refractivity contribution < 1.29 is 22.8 Å². The molecule has 0 aromatic heterocycles. The molecule has 2 atom stereocenters. The van der Waals surface area contributed by atoms with Gasteiger partial charge in [-0.05, 0) is 24.8 Å². The van der Waals surface area contributed by atoms with Gasteiger partial charge in [0.25, 0.3) is 0 Å². The molecule has 4 nitrogen and oxygen atoms in total. The highest BCUT2D eigenvalue weighted by Crippen LogP contribution is 2.40. The molecule has 1 aromatic carbocycles. The molecule has 1 saturated heterocycles. The van der Waals surface area contributed by atoms with Gasteiger partial charge >= 0.3 is 18.0 Å². The van der Waals surface area contributed by atoms with Crippen molar-refractivity contribution in [1.82, 2.24) is 4.90 Å². The van der Waals surface area contributed by atoms with E-state index in [2.05, 4.69) is 0 Å². The fraction of sp³-hybridized carbons (Fsp3) is 0.429. The summed E-state index contributed by atoms with van der Waals surface area (Å²) in [7, 11) is 0. The zero-order chi connectivity index (χ0) is 15.6. The number of rotatable bonds is 1. The predicted molar refractivity (Wildman–Crippen MR) is 68.9 cm³/mol. The molecular formula is C14H15F3N2O2.